The number of piperidine rings is 1. The van der Waals surface area contributed by atoms with Crippen molar-refractivity contribution in [2.24, 2.45) is 4.99 Å². The summed E-state index contributed by atoms with van der Waals surface area (Å²) in [5.74, 6) is 0. The molecule has 1 N–H and O–H groups in total. The maximum Gasteiger partial charge on any atom is 0.506 e. The van der Waals surface area contributed by atoms with Gasteiger partial charge in [-0.25, -0.2) is 4.79 Å². The van der Waals surface area contributed by atoms with Gasteiger partial charge in [0.05, 0.1) is 23.5 Å². The van der Waals surface area contributed by atoms with Crippen LogP contribution in [0.25, 0.3) is 0 Å². The second-order valence-corrected chi connectivity index (χ2v) is 7.09. The summed E-state index contributed by atoms with van der Waals surface area (Å²) in [6, 6.07) is 1.94. The fourth-order valence-corrected chi connectivity index (χ4v) is 4.20. The monoisotopic (exact) mass is 453 g/mol. The summed E-state index contributed by atoms with van der Waals surface area (Å²) in [4.78, 5) is 30.8. The average Bonchev–Trinajstić information content (AvgIpc) is 3.16. The molecule has 3 aliphatic heterocycles. The van der Waals surface area contributed by atoms with Crippen LogP contribution in [0.4, 0.5) is 4.79 Å². The third-order valence-corrected chi connectivity index (χ3v) is 5.51. The van der Waals surface area contributed by atoms with Crippen molar-refractivity contribution in [1.29, 1.82) is 0 Å². The number of aryl methyl sites for hydroxylation is 1. The summed E-state index contributed by atoms with van der Waals surface area (Å²) in [7, 11) is 2.11. The van der Waals surface area contributed by atoms with E-state index in [4.69, 9.17) is 10.1 Å². The molecule has 1 fully saturated rings. The summed E-state index contributed by atoms with van der Waals surface area (Å²) in [6.45, 7) is 9.02. The van der Waals surface area contributed by atoms with Gasteiger partial charge in [-0.2, -0.15) is 12.2 Å². The maximum atomic E-state index is 12.9. The number of pyridine rings is 1. The molecule has 1 unspecified atom stereocenters. The van der Waals surface area contributed by atoms with Crippen LogP contribution in [-0.4, -0.2) is 46.1 Å². The number of rotatable bonds is 3. The predicted octanol–water partition coefficient (Wildman–Crippen LogP) is 4.03. The van der Waals surface area contributed by atoms with Crippen molar-refractivity contribution < 1.29 is 14.6 Å². The van der Waals surface area contributed by atoms with E-state index in [0.29, 0.717) is 12.1 Å². The van der Waals surface area contributed by atoms with Crippen molar-refractivity contribution in [1.82, 2.24) is 9.47 Å². The van der Waals surface area contributed by atoms with Crippen LogP contribution in [0, 0.1) is 6.92 Å². The van der Waals surface area contributed by atoms with E-state index in [9.17, 15) is 9.59 Å². The number of hydrogen-bond donors (Lipinski definition) is 2. The Bertz CT molecular complexity index is 889. The lowest BCUT2D eigenvalue weighted by atomic mass is 9.99. The average molecular weight is 454 g/mol. The predicted molar refractivity (Wildman–Crippen MR) is 127 cm³/mol. The highest BCUT2D eigenvalue weighted by molar-refractivity contribution is 8.31. The highest BCUT2D eigenvalue weighted by Crippen LogP contribution is 2.31. The molecule has 4 heterocycles. The third-order valence-electron chi connectivity index (χ3n) is 5.51. The number of aromatic nitrogens is 1. The molecule has 30 heavy (non-hydrogen) atoms. The molecular formula is C21H32N3O4PS. The van der Waals surface area contributed by atoms with Crippen LogP contribution in [0.15, 0.2) is 27.1 Å². The molecule has 9 heteroatoms. The molecule has 166 valence electrons. The number of likely N-dealkylation sites (tertiary alicyclic amines) is 1. The van der Waals surface area contributed by atoms with E-state index in [2.05, 4.69) is 30.3 Å². The van der Waals surface area contributed by atoms with E-state index in [0.717, 1.165) is 48.6 Å². The Kier molecular flexibility index (Phi) is 9.43. The number of nitrogens with zero attached hydrogens (tertiary/aromatic N) is 3. The van der Waals surface area contributed by atoms with Gasteiger partial charge in [0.1, 0.15) is 6.61 Å². The molecule has 1 aromatic heterocycles. The number of carbonyl (C=O) groups is 1. The Morgan fingerprint density at radius 1 is 1.27 bits per heavy atom. The molecule has 1 saturated heterocycles. The van der Waals surface area contributed by atoms with Crippen LogP contribution >= 0.6 is 20.7 Å². The van der Waals surface area contributed by atoms with Gasteiger partial charge in [-0.05, 0) is 37.8 Å². The lowest BCUT2D eigenvalue weighted by Gasteiger charge is -2.33. The molecule has 1 atom stereocenters. The van der Waals surface area contributed by atoms with Gasteiger partial charge in [-0.1, -0.05) is 22.3 Å². The number of ether oxygens (including phenoxy) is 1. The third kappa shape index (κ3) is 5.09. The van der Waals surface area contributed by atoms with Gasteiger partial charge >= 0.3 is 6.16 Å². The molecule has 7 nitrogen and oxygen atoms in total. The molecular weight excluding hydrogens is 421 g/mol. The lowest BCUT2D eigenvalue weighted by Crippen LogP contribution is -2.32. The molecule has 1 aromatic rings. The molecule has 0 aromatic carbocycles. The van der Waals surface area contributed by atoms with Crippen molar-refractivity contribution in [2.45, 2.75) is 59.6 Å². The molecule has 0 spiro atoms. The summed E-state index contributed by atoms with van der Waals surface area (Å²) in [5, 5.41) is 8.73. The first kappa shape index (κ1) is 24.5. The van der Waals surface area contributed by atoms with E-state index in [1.807, 2.05) is 26.8 Å². The minimum Gasteiger partial charge on any atom is -0.450 e. The normalized spacial score (nSPS) is 17.0. The van der Waals surface area contributed by atoms with Crippen molar-refractivity contribution in [3.05, 3.63) is 44.5 Å². The van der Waals surface area contributed by atoms with Crippen molar-refractivity contribution in [2.75, 3.05) is 19.6 Å². The van der Waals surface area contributed by atoms with Crippen LogP contribution in [0.2, 0.25) is 0 Å². The first-order valence-electron chi connectivity index (χ1n) is 10.4. The van der Waals surface area contributed by atoms with Crippen LogP contribution < -0.4 is 5.56 Å². The first-order chi connectivity index (χ1) is 14.6. The Morgan fingerprint density at radius 3 is 2.57 bits per heavy atom. The van der Waals surface area contributed by atoms with Crippen LogP contribution in [-0.2, 0) is 17.9 Å². The van der Waals surface area contributed by atoms with E-state index >= 15 is 0 Å². The largest absolute Gasteiger partial charge is 0.506 e. The highest BCUT2D eigenvalue weighted by Gasteiger charge is 2.32. The number of fused-ring (bicyclic) bond motifs is 3. The van der Waals surface area contributed by atoms with Gasteiger partial charge in [-0.3, -0.25) is 9.79 Å². The minimum absolute atomic E-state index is 0.177. The van der Waals surface area contributed by atoms with Gasteiger partial charge in [0.15, 0.2) is 0 Å². The zero-order valence-corrected chi connectivity index (χ0v) is 20.0. The number of aliphatic imine (C=N–C) groups is 1. The number of carboxylic acid groups (broad SMARTS) is 1. The Hall–Kier alpha value is -1.79. The number of dihydropyridines is 1. The summed E-state index contributed by atoms with van der Waals surface area (Å²) in [6.07, 6.45) is 3.27. The number of thiol groups is 1. The Balaban J connectivity index is 0.000000757. The number of hydrogen-bond acceptors (Lipinski definition) is 6. The first-order valence-corrected chi connectivity index (χ1v) is 12.5. The van der Waals surface area contributed by atoms with E-state index in [1.165, 1.54) is 25.0 Å². The van der Waals surface area contributed by atoms with Crippen molar-refractivity contribution in [3.8, 4) is 0 Å². The number of allylic oxidation sites excluding steroid dienone is 1. The zero-order chi connectivity index (χ0) is 22.3. The van der Waals surface area contributed by atoms with Gasteiger partial charge in [0.2, 0.25) is 0 Å². The van der Waals surface area contributed by atoms with Gasteiger partial charge in [-0.15, -0.1) is 0 Å². The SMILES string of the molecule is CC.Cc1cc2n(c(=O)c1COC(=O)O)CC1=C(N3CCCCC3)CCN=C12.PS. The molecule has 0 bridgehead atoms. The van der Waals surface area contributed by atoms with E-state index in [1.54, 1.807) is 4.57 Å². The van der Waals surface area contributed by atoms with Crippen LogP contribution in [0.3, 0.4) is 0 Å². The lowest BCUT2D eigenvalue weighted by molar-refractivity contribution is 0.0848. The van der Waals surface area contributed by atoms with Crippen LogP contribution in [0.5, 0.6) is 0 Å². The quantitative estimate of drug-likeness (QED) is 0.410. The Morgan fingerprint density at radius 2 is 1.93 bits per heavy atom. The minimum atomic E-state index is -1.37. The van der Waals surface area contributed by atoms with E-state index in [-0.39, 0.29) is 12.2 Å². The fourth-order valence-electron chi connectivity index (χ4n) is 4.20. The van der Waals surface area contributed by atoms with Crippen LogP contribution in [0.1, 0.15) is 56.4 Å². The highest BCUT2D eigenvalue weighted by atomic mass is 32.7. The zero-order valence-electron chi connectivity index (χ0n) is 18.0. The molecule has 0 radical (unpaired) electrons. The van der Waals surface area contributed by atoms with Crippen molar-refractivity contribution >= 4 is 32.6 Å². The topological polar surface area (TPSA) is 84.1 Å². The maximum absolute atomic E-state index is 12.9. The second-order valence-electron chi connectivity index (χ2n) is 7.09. The standard InChI is InChI=1S/C19H23N3O4.C2H6.H3PS/c1-12-9-16-17-13(10-22(16)18(23)14(12)11-26-19(24)25)15(5-6-20-17)21-7-3-2-4-8-21;2*1-2/h9H,2-8,10-11H2,1H3,(H,24,25);1-2H3;2H,1H2. The molecule has 0 saturated carbocycles. The second kappa shape index (κ2) is 11.6. The molecule has 4 rings (SSSR count). The smallest absolute Gasteiger partial charge is 0.450 e. The van der Waals surface area contributed by atoms with Gasteiger partial charge in [0, 0.05) is 37.3 Å². The van der Waals surface area contributed by atoms with Gasteiger partial charge < -0.3 is 19.3 Å². The van der Waals surface area contributed by atoms with Gasteiger partial charge in [0.25, 0.3) is 5.56 Å². The molecule has 3 aliphatic rings. The molecule has 0 aliphatic carbocycles. The Labute approximate surface area is 185 Å². The summed E-state index contributed by atoms with van der Waals surface area (Å²) < 4.78 is 6.36. The van der Waals surface area contributed by atoms with Crippen molar-refractivity contribution in [3.63, 3.8) is 0 Å². The summed E-state index contributed by atoms with van der Waals surface area (Å²) >= 11 is 3.44. The summed E-state index contributed by atoms with van der Waals surface area (Å²) in [5.41, 5.74) is 5.24. The molecule has 0 amide bonds. The van der Waals surface area contributed by atoms with E-state index < -0.39 is 6.16 Å². The fraction of sp³-hybridized carbons (Fsp3) is 0.571.